The van der Waals surface area contributed by atoms with E-state index in [2.05, 4.69) is 6.92 Å². The fourth-order valence-corrected chi connectivity index (χ4v) is 0.418. The molecule has 0 saturated heterocycles. The first-order chi connectivity index (χ1) is 4.77. The van der Waals surface area contributed by atoms with Crippen LogP contribution in [0.1, 0.15) is 26.7 Å². The summed E-state index contributed by atoms with van der Waals surface area (Å²) in [6.07, 6.45) is 1.91. The van der Waals surface area contributed by atoms with Gasteiger partial charge in [-0.1, -0.05) is 13.3 Å². The molecule has 6 heteroatoms. The maximum atomic E-state index is 8.74. The molecule has 3 N–H and O–H groups in total. The van der Waals surface area contributed by atoms with Crippen molar-refractivity contribution in [2.24, 2.45) is 0 Å². The molecule has 0 aromatic rings. The van der Waals surface area contributed by atoms with E-state index in [1.165, 1.54) is 0 Å². The van der Waals surface area contributed by atoms with Crippen molar-refractivity contribution in [1.29, 1.82) is 0 Å². The first-order valence-corrected chi connectivity index (χ1v) is 4.55. The lowest BCUT2D eigenvalue weighted by Gasteiger charge is -1.95. The molecule has 0 spiro atoms. The van der Waals surface area contributed by atoms with Gasteiger partial charge in [-0.05, 0) is 13.3 Å². The zero-order valence-electron chi connectivity index (χ0n) is 6.56. The van der Waals surface area contributed by atoms with Crippen LogP contribution < -0.4 is 0 Å². The number of hydrogen-bond donors (Lipinski definition) is 3. The van der Waals surface area contributed by atoms with Crippen LogP contribution in [0.4, 0.5) is 0 Å². The predicted octanol–water partition coefficient (Wildman–Crippen LogP) is 0.515. The normalized spacial score (nSPS) is 13.2. The molecule has 11 heavy (non-hydrogen) atoms. The molecule has 70 valence electrons. The second kappa shape index (κ2) is 6.53. The van der Waals surface area contributed by atoms with E-state index in [9.17, 15) is 0 Å². The second-order valence-electron chi connectivity index (χ2n) is 2.09. The van der Waals surface area contributed by atoms with Crippen molar-refractivity contribution < 1.29 is 22.6 Å². The largest absolute Gasteiger partial charge is 0.394 e. The highest BCUT2D eigenvalue weighted by atomic mass is 32.3. The van der Waals surface area contributed by atoms with Gasteiger partial charge in [0.25, 0.3) is 0 Å². The van der Waals surface area contributed by atoms with E-state index in [0.717, 1.165) is 12.8 Å². The topological polar surface area (TPSA) is 94.8 Å². The van der Waals surface area contributed by atoms with Gasteiger partial charge in [0.2, 0.25) is 0 Å². The number of hydrogen-bond acceptors (Lipinski definition) is 3. The van der Waals surface area contributed by atoms with Crippen LogP contribution in [0.25, 0.3) is 0 Å². The molecule has 0 fully saturated rings. The average molecular weight is 186 g/mol. The molecule has 0 saturated carbocycles. The molecular formula is C5H14O5S. The van der Waals surface area contributed by atoms with Crippen LogP contribution in [0.2, 0.25) is 0 Å². The third-order valence-corrected chi connectivity index (χ3v) is 0.706. The van der Waals surface area contributed by atoms with E-state index in [-0.39, 0.29) is 6.10 Å². The molecule has 5 nitrogen and oxygen atoms in total. The van der Waals surface area contributed by atoms with Crippen molar-refractivity contribution in [2.45, 2.75) is 32.8 Å². The molecule has 1 unspecified atom stereocenters. The Hall–Kier alpha value is -0.170. The SMILES string of the molecule is CCCC(C)O.O=S(=O)(O)O. The van der Waals surface area contributed by atoms with E-state index in [1.807, 2.05) is 6.92 Å². The van der Waals surface area contributed by atoms with Crippen LogP contribution in [0, 0.1) is 0 Å². The van der Waals surface area contributed by atoms with Gasteiger partial charge < -0.3 is 5.11 Å². The maximum Gasteiger partial charge on any atom is 0.394 e. The Labute approximate surface area is 66.6 Å². The molecule has 0 aliphatic rings. The summed E-state index contributed by atoms with van der Waals surface area (Å²) in [4.78, 5) is 0. The Balaban J connectivity index is 0. The highest BCUT2D eigenvalue weighted by molar-refractivity contribution is 7.79. The Morgan fingerprint density at radius 3 is 1.64 bits per heavy atom. The first-order valence-electron chi connectivity index (χ1n) is 3.15. The van der Waals surface area contributed by atoms with Crippen molar-refractivity contribution in [3.05, 3.63) is 0 Å². The molecule has 1 atom stereocenters. The maximum absolute atomic E-state index is 8.74. The van der Waals surface area contributed by atoms with E-state index < -0.39 is 10.4 Å². The Kier molecular flexibility index (Phi) is 7.97. The van der Waals surface area contributed by atoms with Crippen molar-refractivity contribution in [2.75, 3.05) is 0 Å². The smallest absolute Gasteiger partial charge is 0.393 e. The molecule has 0 aromatic heterocycles. The number of aliphatic hydroxyl groups excluding tert-OH is 1. The average Bonchev–Trinajstić information content (AvgIpc) is 1.58. The molecule has 0 aliphatic carbocycles. The third kappa shape index (κ3) is 75.2. The summed E-state index contributed by atoms with van der Waals surface area (Å²) in [6, 6.07) is 0. The number of rotatable bonds is 2. The minimum atomic E-state index is -4.67. The lowest BCUT2D eigenvalue weighted by Crippen LogP contribution is -1.95. The van der Waals surface area contributed by atoms with Gasteiger partial charge in [0.1, 0.15) is 0 Å². The van der Waals surface area contributed by atoms with Gasteiger partial charge >= 0.3 is 10.4 Å². The van der Waals surface area contributed by atoms with Gasteiger partial charge in [0, 0.05) is 0 Å². The monoisotopic (exact) mass is 186 g/mol. The lowest BCUT2D eigenvalue weighted by molar-refractivity contribution is 0.183. The minimum Gasteiger partial charge on any atom is -0.393 e. The van der Waals surface area contributed by atoms with Crippen LogP contribution in [0.15, 0.2) is 0 Å². The zero-order chi connectivity index (χ0) is 9.49. The van der Waals surface area contributed by atoms with Crippen LogP contribution >= 0.6 is 0 Å². The fourth-order valence-electron chi connectivity index (χ4n) is 0.418. The van der Waals surface area contributed by atoms with Gasteiger partial charge in [0.15, 0.2) is 0 Å². The Morgan fingerprint density at radius 2 is 1.64 bits per heavy atom. The summed E-state index contributed by atoms with van der Waals surface area (Å²) in [6.45, 7) is 3.87. The van der Waals surface area contributed by atoms with Gasteiger partial charge in [0.05, 0.1) is 6.10 Å². The van der Waals surface area contributed by atoms with Crippen molar-refractivity contribution in [3.63, 3.8) is 0 Å². The highest BCUT2D eigenvalue weighted by Gasteiger charge is 1.87. The van der Waals surface area contributed by atoms with Crippen molar-refractivity contribution >= 4 is 10.4 Å². The van der Waals surface area contributed by atoms with Gasteiger partial charge in [-0.2, -0.15) is 8.42 Å². The molecule has 0 heterocycles. The first kappa shape index (κ1) is 13.4. The Bertz CT molecular complexity index is 152. The van der Waals surface area contributed by atoms with Crippen LogP contribution in [-0.2, 0) is 10.4 Å². The summed E-state index contributed by atoms with van der Waals surface area (Å²) in [5, 5.41) is 8.55. The fraction of sp³-hybridized carbons (Fsp3) is 1.00. The van der Waals surface area contributed by atoms with Gasteiger partial charge in [-0.15, -0.1) is 0 Å². The molecule has 0 amide bonds. The summed E-state index contributed by atoms with van der Waals surface area (Å²) in [7, 11) is -4.67. The molecule has 0 bridgehead atoms. The lowest BCUT2D eigenvalue weighted by atomic mass is 10.2. The van der Waals surface area contributed by atoms with E-state index in [1.54, 1.807) is 0 Å². The Morgan fingerprint density at radius 1 is 1.36 bits per heavy atom. The summed E-state index contributed by atoms with van der Waals surface area (Å²) in [5.41, 5.74) is 0. The quantitative estimate of drug-likeness (QED) is 0.546. The minimum absolute atomic E-state index is 0.102. The molecule has 0 aromatic carbocycles. The second-order valence-corrected chi connectivity index (χ2v) is 2.98. The van der Waals surface area contributed by atoms with Gasteiger partial charge in [-0.3, -0.25) is 9.11 Å². The standard InChI is InChI=1S/C5H12O.H2O4S/c1-3-4-5(2)6;1-5(2,3)4/h5-6H,3-4H2,1-2H3;(H2,1,2,3,4). The van der Waals surface area contributed by atoms with Crippen LogP contribution in [-0.4, -0.2) is 28.7 Å². The molecular weight excluding hydrogens is 172 g/mol. The predicted molar refractivity (Wildman–Crippen MR) is 40.8 cm³/mol. The van der Waals surface area contributed by atoms with Crippen molar-refractivity contribution in [3.8, 4) is 0 Å². The van der Waals surface area contributed by atoms with Crippen LogP contribution in [0.5, 0.6) is 0 Å². The number of aliphatic hydroxyl groups is 1. The van der Waals surface area contributed by atoms with E-state index in [0.29, 0.717) is 0 Å². The summed E-state index contributed by atoms with van der Waals surface area (Å²) in [5.74, 6) is 0. The van der Waals surface area contributed by atoms with Crippen LogP contribution in [0.3, 0.4) is 0 Å². The van der Waals surface area contributed by atoms with Crippen molar-refractivity contribution in [1.82, 2.24) is 0 Å². The zero-order valence-corrected chi connectivity index (χ0v) is 7.37. The molecule has 0 aliphatic heterocycles. The molecule has 0 radical (unpaired) electrons. The van der Waals surface area contributed by atoms with Gasteiger partial charge in [-0.25, -0.2) is 0 Å². The van der Waals surface area contributed by atoms with E-state index in [4.69, 9.17) is 22.6 Å². The third-order valence-electron chi connectivity index (χ3n) is 0.706. The summed E-state index contributed by atoms with van der Waals surface area (Å²) < 4.78 is 31.6. The van der Waals surface area contributed by atoms with E-state index >= 15 is 0 Å². The highest BCUT2D eigenvalue weighted by Crippen LogP contribution is 1.91. The molecule has 0 rings (SSSR count). The summed E-state index contributed by atoms with van der Waals surface area (Å²) >= 11 is 0.